The van der Waals surface area contributed by atoms with E-state index < -0.39 is 5.25 Å². The van der Waals surface area contributed by atoms with Crippen LogP contribution in [0.5, 0.6) is 5.75 Å². The van der Waals surface area contributed by atoms with Crippen LogP contribution in [-0.2, 0) is 9.59 Å². The van der Waals surface area contributed by atoms with E-state index in [1.165, 1.54) is 16.7 Å². The molecule has 2 aromatic rings. The summed E-state index contributed by atoms with van der Waals surface area (Å²) in [4.78, 5) is 30.8. The van der Waals surface area contributed by atoms with Crippen molar-refractivity contribution in [1.82, 2.24) is 4.90 Å². The van der Waals surface area contributed by atoms with Crippen molar-refractivity contribution < 1.29 is 14.3 Å². The number of carbonyl (C=O) groups excluding carboxylic acids is 2. The molecule has 2 amide bonds. The van der Waals surface area contributed by atoms with Gasteiger partial charge < -0.3 is 10.1 Å². The van der Waals surface area contributed by atoms with E-state index in [4.69, 9.17) is 16.3 Å². The Labute approximate surface area is 172 Å². The molecule has 28 heavy (non-hydrogen) atoms. The number of amides is 2. The monoisotopic (exact) mass is 417 g/mol. The van der Waals surface area contributed by atoms with Gasteiger partial charge in [0.25, 0.3) is 0 Å². The molecule has 1 saturated heterocycles. The Hall–Kier alpha value is -2.51. The van der Waals surface area contributed by atoms with E-state index in [-0.39, 0.29) is 18.2 Å². The summed E-state index contributed by atoms with van der Waals surface area (Å²) in [5.41, 5.74) is 1.36. The van der Waals surface area contributed by atoms with Gasteiger partial charge in [0.05, 0.1) is 12.3 Å². The van der Waals surface area contributed by atoms with Gasteiger partial charge in [0.2, 0.25) is 11.8 Å². The lowest BCUT2D eigenvalue weighted by Gasteiger charge is -2.10. The first kappa shape index (κ1) is 20.2. The Balaban J connectivity index is 1.61. The van der Waals surface area contributed by atoms with E-state index in [1.54, 1.807) is 55.6 Å². The van der Waals surface area contributed by atoms with Gasteiger partial charge in [0.15, 0.2) is 5.17 Å². The normalized spacial score (nSPS) is 17.8. The summed E-state index contributed by atoms with van der Waals surface area (Å²) in [6.07, 6.45) is 0.0701. The summed E-state index contributed by atoms with van der Waals surface area (Å²) >= 11 is 7.17. The summed E-state index contributed by atoms with van der Waals surface area (Å²) in [5, 5.41) is 3.49. The molecular formula is C20H20ClN3O3S. The molecule has 2 aromatic carbocycles. The molecule has 1 atom stereocenters. The highest BCUT2D eigenvalue weighted by Gasteiger charge is 2.36. The number of thioether (sulfide) groups is 1. The number of nitrogens with zero attached hydrogens (tertiary/aromatic N) is 2. The van der Waals surface area contributed by atoms with E-state index in [1.807, 2.05) is 6.92 Å². The van der Waals surface area contributed by atoms with Crippen LogP contribution in [0.25, 0.3) is 0 Å². The second kappa shape index (κ2) is 9.12. The standard InChI is InChI=1S/C20H20ClN3O3S/c1-3-27-16-10-8-14(9-11-16)22-18(25)12-17-19(26)24(2)20(28-17)23-15-6-4-13(21)5-7-15/h4-11,17H,3,12H2,1-2H3,(H,22,25). The number of benzene rings is 2. The molecule has 146 valence electrons. The molecule has 0 aliphatic carbocycles. The van der Waals surface area contributed by atoms with Gasteiger partial charge in [-0.05, 0) is 55.5 Å². The molecule has 0 radical (unpaired) electrons. The molecule has 1 heterocycles. The predicted molar refractivity (Wildman–Crippen MR) is 114 cm³/mol. The summed E-state index contributed by atoms with van der Waals surface area (Å²) in [6.45, 7) is 2.49. The fourth-order valence-corrected chi connectivity index (χ4v) is 3.89. The largest absolute Gasteiger partial charge is 0.494 e. The van der Waals surface area contributed by atoms with Crippen molar-refractivity contribution in [1.29, 1.82) is 0 Å². The smallest absolute Gasteiger partial charge is 0.242 e. The van der Waals surface area contributed by atoms with E-state index >= 15 is 0 Å². The van der Waals surface area contributed by atoms with Gasteiger partial charge >= 0.3 is 0 Å². The minimum atomic E-state index is -0.501. The summed E-state index contributed by atoms with van der Waals surface area (Å²) in [6, 6.07) is 14.2. The molecule has 1 fully saturated rings. The maximum atomic E-state index is 12.5. The molecule has 1 aliphatic heterocycles. The molecule has 1 N–H and O–H groups in total. The number of aliphatic imine (C=N–C) groups is 1. The first-order valence-electron chi connectivity index (χ1n) is 8.77. The molecule has 0 spiro atoms. The Morgan fingerprint density at radius 2 is 1.89 bits per heavy atom. The number of hydrogen-bond donors (Lipinski definition) is 1. The van der Waals surface area contributed by atoms with Crippen LogP contribution in [0.2, 0.25) is 5.02 Å². The number of anilines is 1. The van der Waals surface area contributed by atoms with Gasteiger partial charge in [-0.15, -0.1) is 0 Å². The third-order valence-corrected chi connectivity index (χ3v) is 5.49. The third kappa shape index (κ3) is 5.05. The maximum absolute atomic E-state index is 12.5. The molecule has 0 saturated carbocycles. The molecule has 6 nitrogen and oxygen atoms in total. The third-order valence-electron chi connectivity index (χ3n) is 4.01. The summed E-state index contributed by atoms with van der Waals surface area (Å²) in [7, 11) is 1.66. The van der Waals surface area contributed by atoms with E-state index in [9.17, 15) is 9.59 Å². The molecule has 0 bridgehead atoms. The lowest BCUT2D eigenvalue weighted by atomic mass is 10.2. The average molecular weight is 418 g/mol. The van der Waals surface area contributed by atoms with Crippen molar-refractivity contribution in [3.8, 4) is 5.75 Å². The Morgan fingerprint density at radius 1 is 1.21 bits per heavy atom. The summed E-state index contributed by atoms with van der Waals surface area (Å²) < 4.78 is 5.38. The number of ether oxygens (including phenoxy) is 1. The highest BCUT2D eigenvalue weighted by molar-refractivity contribution is 8.15. The van der Waals surface area contributed by atoms with Crippen LogP contribution in [0.3, 0.4) is 0 Å². The minimum absolute atomic E-state index is 0.0701. The Kier molecular flexibility index (Phi) is 6.59. The molecule has 8 heteroatoms. The van der Waals surface area contributed by atoms with Crippen LogP contribution in [0.4, 0.5) is 11.4 Å². The van der Waals surface area contributed by atoms with E-state index in [2.05, 4.69) is 10.3 Å². The van der Waals surface area contributed by atoms with E-state index in [0.717, 1.165) is 5.75 Å². The number of carbonyl (C=O) groups is 2. The number of nitrogens with one attached hydrogen (secondary N) is 1. The summed E-state index contributed by atoms with van der Waals surface area (Å²) in [5.74, 6) is 0.377. The fourth-order valence-electron chi connectivity index (χ4n) is 2.60. The van der Waals surface area contributed by atoms with Gasteiger partial charge in [-0.25, -0.2) is 4.99 Å². The van der Waals surface area contributed by atoms with Gasteiger partial charge in [-0.3, -0.25) is 14.5 Å². The van der Waals surface area contributed by atoms with Gasteiger partial charge in [0.1, 0.15) is 11.0 Å². The first-order valence-corrected chi connectivity index (χ1v) is 10.0. The van der Waals surface area contributed by atoms with Crippen molar-refractivity contribution in [2.45, 2.75) is 18.6 Å². The topological polar surface area (TPSA) is 71.0 Å². The van der Waals surface area contributed by atoms with Crippen LogP contribution in [0.1, 0.15) is 13.3 Å². The number of halogens is 1. The van der Waals surface area contributed by atoms with Gasteiger partial charge in [-0.2, -0.15) is 0 Å². The fraction of sp³-hybridized carbons (Fsp3) is 0.250. The quantitative estimate of drug-likeness (QED) is 0.759. The predicted octanol–water partition coefficient (Wildman–Crippen LogP) is 4.33. The number of hydrogen-bond acceptors (Lipinski definition) is 5. The highest BCUT2D eigenvalue weighted by Crippen LogP contribution is 2.31. The SMILES string of the molecule is CCOc1ccc(NC(=O)CC2SC(=Nc3ccc(Cl)cc3)N(C)C2=O)cc1. The Bertz CT molecular complexity index is 885. The molecule has 3 rings (SSSR count). The molecule has 1 aliphatic rings. The van der Waals surface area contributed by atoms with Crippen LogP contribution in [-0.4, -0.2) is 40.8 Å². The van der Waals surface area contributed by atoms with Crippen molar-refractivity contribution in [3.05, 3.63) is 53.6 Å². The van der Waals surface area contributed by atoms with E-state index in [0.29, 0.717) is 28.2 Å². The van der Waals surface area contributed by atoms with Crippen molar-refractivity contribution in [2.75, 3.05) is 19.0 Å². The lowest BCUT2D eigenvalue weighted by Crippen LogP contribution is -2.30. The van der Waals surface area contributed by atoms with Crippen molar-refractivity contribution in [2.24, 2.45) is 4.99 Å². The van der Waals surface area contributed by atoms with Crippen LogP contribution < -0.4 is 10.1 Å². The Morgan fingerprint density at radius 3 is 2.54 bits per heavy atom. The average Bonchev–Trinajstić information content (AvgIpc) is 2.93. The second-order valence-corrected chi connectivity index (χ2v) is 7.69. The van der Waals surface area contributed by atoms with Crippen LogP contribution >= 0.6 is 23.4 Å². The van der Waals surface area contributed by atoms with Crippen LogP contribution in [0.15, 0.2) is 53.5 Å². The number of rotatable bonds is 6. The van der Waals surface area contributed by atoms with Crippen molar-refractivity contribution in [3.63, 3.8) is 0 Å². The number of amidine groups is 1. The minimum Gasteiger partial charge on any atom is -0.494 e. The first-order chi connectivity index (χ1) is 13.5. The molecule has 0 aromatic heterocycles. The zero-order chi connectivity index (χ0) is 20.1. The van der Waals surface area contributed by atoms with Gasteiger partial charge in [0, 0.05) is 24.2 Å². The second-order valence-electron chi connectivity index (χ2n) is 6.08. The zero-order valence-electron chi connectivity index (χ0n) is 15.5. The molecular weight excluding hydrogens is 398 g/mol. The lowest BCUT2D eigenvalue weighted by molar-refractivity contribution is -0.127. The van der Waals surface area contributed by atoms with Crippen LogP contribution in [0, 0.1) is 0 Å². The maximum Gasteiger partial charge on any atom is 0.242 e. The highest BCUT2D eigenvalue weighted by atomic mass is 35.5. The zero-order valence-corrected chi connectivity index (χ0v) is 17.1. The van der Waals surface area contributed by atoms with Gasteiger partial charge in [-0.1, -0.05) is 23.4 Å². The molecule has 1 unspecified atom stereocenters. The van der Waals surface area contributed by atoms with Crippen molar-refractivity contribution >= 4 is 51.7 Å².